The molecular formula is C32H64O14. The molecule has 0 amide bonds. The van der Waals surface area contributed by atoms with Crippen LogP contribution < -0.4 is 0 Å². The summed E-state index contributed by atoms with van der Waals surface area (Å²) in [5, 5.41) is 0. The average Bonchev–Trinajstić information content (AvgIpc) is 3.06. The summed E-state index contributed by atoms with van der Waals surface area (Å²) < 4.78 is 69.8. The molecule has 0 aliphatic carbocycles. The third-order valence-electron chi connectivity index (χ3n) is 5.88. The summed E-state index contributed by atoms with van der Waals surface area (Å²) in [5.74, 6) is -0.153. The minimum atomic E-state index is -0.153. The van der Waals surface area contributed by atoms with Crippen LogP contribution in [0, 0.1) is 0 Å². The predicted octanol–water partition coefficient (Wildman–Crippen LogP) is 2.33. The van der Waals surface area contributed by atoms with Gasteiger partial charge in [0.25, 0.3) is 0 Å². The molecule has 0 aromatic rings. The van der Waals surface area contributed by atoms with Gasteiger partial charge in [0.2, 0.25) is 0 Å². The van der Waals surface area contributed by atoms with Crippen molar-refractivity contribution in [1.29, 1.82) is 0 Å². The van der Waals surface area contributed by atoms with Crippen LogP contribution in [0.1, 0.15) is 39.0 Å². The first-order chi connectivity index (χ1) is 22.8. The Kier molecular flexibility index (Phi) is 41.1. The molecule has 276 valence electrons. The smallest absolute Gasteiger partial charge is 0.305 e. The standard InChI is InChI=1S/C32H64O14/c1-3-4-5-6-7-32(33)46-31-30-45-29-28-44-27-26-43-25-24-42-23-22-41-21-20-40-19-18-39-17-16-38-15-14-37-13-12-36-11-10-35-9-8-34-2/h3-31H2,1-2H3. The van der Waals surface area contributed by atoms with Gasteiger partial charge in [0.1, 0.15) is 6.61 Å². The Morgan fingerprint density at radius 1 is 0.348 bits per heavy atom. The molecule has 0 saturated carbocycles. The van der Waals surface area contributed by atoms with Crippen molar-refractivity contribution in [2.45, 2.75) is 39.0 Å². The molecule has 0 N–H and O–H groups in total. The number of methoxy groups -OCH3 is 1. The van der Waals surface area contributed by atoms with Crippen LogP contribution in [0.3, 0.4) is 0 Å². The van der Waals surface area contributed by atoms with Crippen LogP contribution in [0.5, 0.6) is 0 Å². The Labute approximate surface area is 277 Å². The van der Waals surface area contributed by atoms with Crippen molar-refractivity contribution < 1.29 is 66.4 Å². The van der Waals surface area contributed by atoms with Gasteiger partial charge in [0, 0.05) is 13.5 Å². The molecule has 0 aliphatic rings. The molecule has 0 atom stereocenters. The minimum Gasteiger partial charge on any atom is -0.463 e. The Morgan fingerprint density at radius 3 is 0.870 bits per heavy atom. The third kappa shape index (κ3) is 41.0. The van der Waals surface area contributed by atoms with Crippen molar-refractivity contribution in [2.24, 2.45) is 0 Å². The monoisotopic (exact) mass is 672 g/mol. The normalized spacial score (nSPS) is 11.4. The van der Waals surface area contributed by atoms with E-state index in [0.717, 1.165) is 25.7 Å². The molecule has 0 aromatic carbocycles. The lowest BCUT2D eigenvalue weighted by molar-refractivity contribution is -0.145. The first-order valence-corrected chi connectivity index (χ1v) is 16.8. The van der Waals surface area contributed by atoms with Gasteiger partial charge in [-0.05, 0) is 6.42 Å². The Balaban J connectivity index is 3.07. The highest BCUT2D eigenvalue weighted by molar-refractivity contribution is 5.69. The number of esters is 1. The van der Waals surface area contributed by atoms with Crippen molar-refractivity contribution in [3.63, 3.8) is 0 Å². The molecule has 14 nitrogen and oxygen atoms in total. The van der Waals surface area contributed by atoms with Gasteiger partial charge in [0.05, 0.1) is 152 Å². The highest BCUT2D eigenvalue weighted by atomic mass is 16.6. The summed E-state index contributed by atoms with van der Waals surface area (Å²) in [6.07, 6.45) is 4.76. The molecule has 0 bridgehead atoms. The minimum absolute atomic E-state index is 0.153. The maximum atomic E-state index is 11.5. The lowest BCUT2D eigenvalue weighted by atomic mass is 10.2. The van der Waals surface area contributed by atoms with Gasteiger partial charge in [-0.2, -0.15) is 0 Å². The lowest BCUT2D eigenvalue weighted by Crippen LogP contribution is -2.15. The van der Waals surface area contributed by atoms with E-state index in [1.165, 1.54) is 0 Å². The molecule has 0 saturated heterocycles. The highest BCUT2D eigenvalue weighted by Gasteiger charge is 2.02. The number of rotatable bonds is 41. The van der Waals surface area contributed by atoms with E-state index in [1.807, 2.05) is 0 Å². The van der Waals surface area contributed by atoms with E-state index in [9.17, 15) is 4.79 Å². The van der Waals surface area contributed by atoms with Gasteiger partial charge < -0.3 is 61.6 Å². The second-order valence-electron chi connectivity index (χ2n) is 9.76. The molecule has 46 heavy (non-hydrogen) atoms. The van der Waals surface area contributed by atoms with E-state index in [0.29, 0.717) is 158 Å². The quantitative estimate of drug-likeness (QED) is 0.0694. The van der Waals surface area contributed by atoms with Crippen LogP contribution in [0.4, 0.5) is 0 Å². The number of carbonyl (C=O) groups is 1. The SMILES string of the molecule is CCCCCCC(=O)OCCOCCOCCOCCOCCOCCOCCOCCOCCOCCOCCOCCOC. The molecule has 0 heterocycles. The first kappa shape index (κ1) is 45.0. The van der Waals surface area contributed by atoms with Gasteiger partial charge in [0.15, 0.2) is 0 Å². The van der Waals surface area contributed by atoms with Gasteiger partial charge in [-0.3, -0.25) is 4.79 Å². The summed E-state index contributed by atoms with van der Waals surface area (Å²) in [5.41, 5.74) is 0. The fourth-order valence-corrected chi connectivity index (χ4v) is 3.43. The topological polar surface area (TPSA) is 137 Å². The molecule has 0 unspecified atom stereocenters. The fraction of sp³-hybridized carbons (Fsp3) is 0.969. The zero-order valence-electron chi connectivity index (χ0n) is 28.7. The molecule has 0 spiro atoms. The molecule has 0 aromatic heterocycles. The molecule has 0 fully saturated rings. The van der Waals surface area contributed by atoms with Crippen molar-refractivity contribution >= 4 is 5.97 Å². The number of carbonyl (C=O) groups excluding carboxylic acids is 1. The second kappa shape index (κ2) is 42.0. The average molecular weight is 673 g/mol. The van der Waals surface area contributed by atoms with Crippen molar-refractivity contribution in [2.75, 3.05) is 166 Å². The van der Waals surface area contributed by atoms with Crippen molar-refractivity contribution in [3.8, 4) is 0 Å². The maximum absolute atomic E-state index is 11.5. The fourth-order valence-electron chi connectivity index (χ4n) is 3.43. The van der Waals surface area contributed by atoms with Crippen LogP contribution in [0.15, 0.2) is 0 Å². The number of hydrogen-bond donors (Lipinski definition) is 0. The molecule has 14 heteroatoms. The second-order valence-corrected chi connectivity index (χ2v) is 9.76. The van der Waals surface area contributed by atoms with Crippen LogP contribution in [0.2, 0.25) is 0 Å². The summed E-state index contributed by atoms with van der Waals surface area (Å²) in [4.78, 5) is 11.5. The van der Waals surface area contributed by atoms with E-state index in [-0.39, 0.29) is 12.6 Å². The molecule has 0 radical (unpaired) electrons. The number of hydrogen-bond acceptors (Lipinski definition) is 14. The van der Waals surface area contributed by atoms with E-state index >= 15 is 0 Å². The van der Waals surface area contributed by atoms with E-state index in [4.69, 9.17) is 61.6 Å². The van der Waals surface area contributed by atoms with Crippen LogP contribution in [0.25, 0.3) is 0 Å². The number of unbranched alkanes of at least 4 members (excludes halogenated alkanes) is 3. The van der Waals surface area contributed by atoms with E-state index < -0.39 is 0 Å². The highest BCUT2D eigenvalue weighted by Crippen LogP contribution is 2.03. The van der Waals surface area contributed by atoms with Gasteiger partial charge in [-0.1, -0.05) is 26.2 Å². The third-order valence-corrected chi connectivity index (χ3v) is 5.88. The van der Waals surface area contributed by atoms with Gasteiger partial charge in [-0.25, -0.2) is 0 Å². The summed E-state index contributed by atoms with van der Waals surface area (Å²) in [7, 11) is 1.64. The first-order valence-electron chi connectivity index (χ1n) is 16.8. The Morgan fingerprint density at radius 2 is 0.609 bits per heavy atom. The van der Waals surface area contributed by atoms with Crippen molar-refractivity contribution in [3.05, 3.63) is 0 Å². The van der Waals surface area contributed by atoms with Crippen LogP contribution >= 0.6 is 0 Å². The largest absolute Gasteiger partial charge is 0.463 e. The van der Waals surface area contributed by atoms with Crippen LogP contribution in [-0.2, 0) is 66.4 Å². The van der Waals surface area contributed by atoms with Crippen LogP contribution in [-0.4, -0.2) is 172 Å². The number of ether oxygens (including phenoxy) is 13. The molecular weight excluding hydrogens is 608 g/mol. The van der Waals surface area contributed by atoms with E-state index in [1.54, 1.807) is 7.11 Å². The Hall–Kier alpha value is -1.01. The summed E-state index contributed by atoms with van der Waals surface area (Å²) in [6.45, 7) is 14.1. The molecule has 0 rings (SSSR count). The predicted molar refractivity (Wildman–Crippen MR) is 171 cm³/mol. The maximum Gasteiger partial charge on any atom is 0.305 e. The van der Waals surface area contributed by atoms with Gasteiger partial charge >= 0.3 is 5.97 Å². The zero-order valence-corrected chi connectivity index (χ0v) is 28.7. The Bertz CT molecular complexity index is 573. The summed E-state index contributed by atoms with van der Waals surface area (Å²) >= 11 is 0. The van der Waals surface area contributed by atoms with Crippen molar-refractivity contribution in [1.82, 2.24) is 0 Å². The van der Waals surface area contributed by atoms with Gasteiger partial charge in [-0.15, -0.1) is 0 Å². The zero-order chi connectivity index (χ0) is 33.3. The summed E-state index contributed by atoms with van der Waals surface area (Å²) in [6, 6.07) is 0. The van der Waals surface area contributed by atoms with E-state index in [2.05, 4.69) is 6.92 Å². The molecule has 0 aliphatic heterocycles. The lowest BCUT2D eigenvalue weighted by Gasteiger charge is -2.09.